The van der Waals surface area contributed by atoms with Gasteiger partial charge in [0.15, 0.2) is 5.03 Å². The molecule has 1 aromatic heterocycles. The fourth-order valence-electron chi connectivity index (χ4n) is 2.54. The minimum absolute atomic E-state index is 0.0301. The minimum Gasteiger partial charge on any atom is -0.369 e. The summed E-state index contributed by atoms with van der Waals surface area (Å²) >= 11 is 0. The van der Waals surface area contributed by atoms with Crippen molar-refractivity contribution >= 4 is 15.9 Å². The van der Waals surface area contributed by atoms with Crippen LogP contribution in [0.3, 0.4) is 0 Å². The molecule has 8 heteroatoms. The molecule has 0 unspecified atom stereocenters. The molecule has 0 atom stereocenters. The van der Waals surface area contributed by atoms with Crippen LogP contribution in [0.2, 0.25) is 0 Å². The zero-order valence-electron chi connectivity index (χ0n) is 11.5. The summed E-state index contributed by atoms with van der Waals surface area (Å²) in [5.74, 6) is -0.0373. The lowest BCUT2D eigenvalue weighted by Crippen LogP contribution is -2.44. The molecule has 0 aliphatic heterocycles. The number of carbonyl (C=O) groups is 1. The topological polar surface area (TPSA) is 109 Å². The van der Waals surface area contributed by atoms with Gasteiger partial charge in [-0.15, -0.1) is 0 Å². The largest absolute Gasteiger partial charge is 0.369 e. The van der Waals surface area contributed by atoms with E-state index in [1.54, 1.807) is 0 Å². The minimum atomic E-state index is -3.75. The summed E-state index contributed by atoms with van der Waals surface area (Å²) in [7, 11) is -3.75. The van der Waals surface area contributed by atoms with Crippen molar-refractivity contribution in [3.63, 3.8) is 0 Å². The zero-order chi connectivity index (χ0) is 14.8. The summed E-state index contributed by atoms with van der Waals surface area (Å²) in [6, 6.07) is -0.152. The molecule has 0 aromatic carbocycles. The van der Waals surface area contributed by atoms with E-state index >= 15 is 0 Å². The maximum atomic E-state index is 12.6. The maximum absolute atomic E-state index is 12.6. The molecule has 112 valence electrons. The first-order valence-corrected chi connectivity index (χ1v) is 8.23. The lowest BCUT2D eigenvalue weighted by atomic mass is 10.2. The Labute approximate surface area is 118 Å². The Kier molecular flexibility index (Phi) is 4.44. The number of nitrogens with two attached hydrogens (primary N) is 1. The number of imidazole rings is 1. The van der Waals surface area contributed by atoms with Crippen LogP contribution in [-0.2, 0) is 21.2 Å². The van der Waals surface area contributed by atoms with Gasteiger partial charge in [-0.05, 0) is 12.8 Å². The summed E-state index contributed by atoms with van der Waals surface area (Å²) in [5.41, 5.74) is 5.20. The highest BCUT2D eigenvalue weighted by Crippen LogP contribution is 2.27. The van der Waals surface area contributed by atoms with Gasteiger partial charge in [0.25, 0.3) is 10.0 Å². The molecule has 0 saturated heterocycles. The Bertz CT molecular complexity index is 575. The smallest absolute Gasteiger partial charge is 0.260 e. The molecule has 0 radical (unpaired) electrons. The van der Waals surface area contributed by atoms with Crippen LogP contribution in [-0.4, -0.2) is 41.2 Å². The van der Waals surface area contributed by atoms with E-state index in [1.807, 2.05) is 6.92 Å². The molecule has 1 aromatic rings. The standard InChI is InChI=1S/C12H20N4O3S/c1-2-11-14-7-12(15-11)20(18,19)16(8-10(13)17)9-5-3-4-6-9/h7,9H,2-6,8H2,1H3,(H2,13,17)(H,14,15). The van der Waals surface area contributed by atoms with Gasteiger partial charge in [0.05, 0.1) is 12.7 Å². The molecule has 7 nitrogen and oxygen atoms in total. The predicted octanol–water partition coefficient (Wildman–Crippen LogP) is 0.391. The number of nitrogens with zero attached hydrogens (tertiary/aromatic N) is 2. The number of aryl methyl sites for hydroxylation is 1. The molecule has 1 amide bonds. The number of rotatable bonds is 6. The molecule has 1 aliphatic carbocycles. The summed E-state index contributed by atoms with van der Waals surface area (Å²) in [4.78, 5) is 18.0. The van der Waals surface area contributed by atoms with E-state index < -0.39 is 15.9 Å². The van der Waals surface area contributed by atoms with Crippen LogP contribution < -0.4 is 5.73 Å². The first-order valence-electron chi connectivity index (χ1n) is 6.79. The van der Waals surface area contributed by atoms with Gasteiger partial charge >= 0.3 is 0 Å². The van der Waals surface area contributed by atoms with Crippen LogP contribution in [0.4, 0.5) is 0 Å². The number of hydrogen-bond donors (Lipinski definition) is 2. The fourth-order valence-corrected chi connectivity index (χ4v) is 4.12. The second kappa shape index (κ2) is 5.92. The number of carbonyl (C=O) groups excluding carboxylic acids is 1. The molecular weight excluding hydrogens is 280 g/mol. The Balaban J connectivity index is 2.32. The van der Waals surface area contributed by atoms with Gasteiger partial charge in [0, 0.05) is 12.5 Å². The normalized spacial score (nSPS) is 16.9. The number of nitrogens with one attached hydrogen (secondary N) is 1. The van der Waals surface area contributed by atoms with E-state index in [0.717, 1.165) is 25.7 Å². The van der Waals surface area contributed by atoms with E-state index in [4.69, 9.17) is 5.73 Å². The Morgan fingerprint density at radius 1 is 1.50 bits per heavy atom. The third-order valence-corrected chi connectivity index (χ3v) is 5.38. The Morgan fingerprint density at radius 3 is 2.65 bits per heavy atom. The number of amides is 1. The van der Waals surface area contributed by atoms with Crippen molar-refractivity contribution < 1.29 is 13.2 Å². The van der Waals surface area contributed by atoms with Crippen molar-refractivity contribution in [2.24, 2.45) is 5.73 Å². The van der Waals surface area contributed by atoms with Crippen molar-refractivity contribution in [1.82, 2.24) is 14.3 Å². The summed E-state index contributed by atoms with van der Waals surface area (Å²) in [5, 5.41) is 0.0301. The molecule has 1 saturated carbocycles. The van der Waals surface area contributed by atoms with Crippen LogP contribution >= 0.6 is 0 Å². The molecule has 1 aliphatic rings. The average Bonchev–Trinajstić information content (AvgIpc) is 3.06. The van der Waals surface area contributed by atoms with Gasteiger partial charge in [0.2, 0.25) is 5.91 Å². The van der Waals surface area contributed by atoms with Crippen LogP contribution in [0.15, 0.2) is 11.2 Å². The van der Waals surface area contributed by atoms with Gasteiger partial charge in [-0.3, -0.25) is 4.79 Å². The number of sulfonamides is 1. The van der Waals surface area contributed by atoms with Crippen molar-refractivity contribution in [3.05, 3.63) is 12.0 Å². The highest BCUT2D eigenvalue weighted by atomic mass is 32.2. The number of H-pyrrole nitrogens is 1. The molecular formula is C12H20N4O3S. The van der Waals surface area contributed by atoms with Gasteiger partial charge < -0.3 is 10.7 Å². The monoisotopic (exact) mass is 300 g/mol. The van der Waals surface area contributed by atoms with Crippen molar-refractivity contribution in [2.75, 3.05) is 6.54 Å². The van der Waals surface area contributed by atoms with Crippen molar-refractivity contribution in [3.8, 4) is 0 Å². The highest BCUT2D eigenvalue weighted by Gasteiger charge is 2.35. The van der Waals surface area contributed by atoms with Crippen LogP contribution in [0.5, 0.6) is 0 Å². The van der Waals surface area contributed by atoms with Crippen LogP contribution in [0.25, 0.3) is 0 Å². The summed E-state index contributed by atoms with van der Waals surface area (Å²) in [6.07, 6.45) is 5.39. The summed E-state index contributed by atoms with van der Waals surface area (Å²) in [6.45, 7) is 1.60. The fraction of sp³-hybridized carbons (Fsp3) is 0.667. The van der Waals surface area contributed by atoms with Crippen molar-refractivity contribution in [1.29, 1.82) is 0 Å². The number of aromatic nitrogens is 2. The predicted molar refractivity (Wildman–Crippen MR) is 73.3 cm³/mol. The molecule has 2 rings (SSSR count). The first kappa shape index (κ1) is 15.0. The lowest BCUT2D eigenvalue weighted by molar-refractivity contribution is -0.118. The van der Waals surface area contributed by atoms with Crippen LogP contribution in [0, 0.1) is 0 Å². The molecule has 0 bridgehead atoms. The van der Waals surface area contributed by atoms with E-state index in [-0.39, 0.29) is 17.6 Å². The zero-order valence-corrected chi connectivity index (χ0v) is 12.3. The Morgan fingerprint density at radius 2 is 2.15 bits per heavy atom. The van der Waals surface area contributed by atoms with E-state index in [2.05, 4.69) is 9.97 Å². The van der Waals surface area contributed by atoms with E-state index in [1.165, 1.54) is 10.5 Å². The van der Waals surface area contributed by atoms with E-state index in [9.17, 15) is 13.2 Å². The molecule has 1 fully saturated rings. The lowest BCUT2D eigenvalue weighted by Gasteiger charge is -2.25. The molecule has 0 spiro atoms. The maximum Gasteiger partial charge on any atom is 0.260 e. The number of hydrogen-bond acceptors (Lipinski definition) is 4. The second-order valence-corrected chi connectivity index (χ2v) is 6.86. The number of aromatic amines is 1. The quantitative estimate of drug-likeness (QED) is 0.792. The van der Waals surface area contributed by atoms with Gasteiger partial charge in [-0.1, -0.05) is 19.8 Å². The molecule has 20 heavy (non-hydrogen) atoms. The van der Waals surface area contributed by atoms with Gasteiger partial charge in [-0.25, -0.2) is 13.4 Å². The Hall–Kier alpha value is -1.41. The highest BCUT2D eigenvalue weighted by molar-refractivity contribution is 7.89. The van der Waals surface area contributed by atoms with Gasteiger partial charge in [0.1, 0.15) is 5.82 Å². The van der Waals surface area contributed by atoms with Crippen LogP contribution in [0.1, 0.15) is 38.4 Å². The molecule has 3 N–H and O–H groups in total. The average molecular weight is 300 g/mol. The third kappa shape index (κ3) is 3.01. The second-order valence-electron chi connectivity index (χ2n) is 5.00. The molecule has 1 heterocycles. The number of primary amides is 1. The van der Waals surface area contributed by atoms with E-state index in [0.29, 0.717) is 12.2 Å². The SMILES string of the molecule is CCc1ncc(S(=O)(=O)N(CC(N)=O)C2CCCC2)[nH]1. The first-order chi connectivity index (χ1) is 9.45. The van der Waals surface area contributed by atoms with Crippen molar-refractivity contribution in [2.45, 2.75) is 50.1 Å². The summed E-state index contributed by atoms with van der Waals surface area (Å²) < 4.78 is 26.5. The third-order valence-electron chi connectivity index (χ3n) is 3.57. The van der Waals surface area contributed by atoms with Gasteiger partial charge in [-0.2, -0.15) is 4.31 Å².